The predicted octanol–water partition coefficient (Wildman–Crippen LogP) is 2.61. The lowest BCUT2D eigenvalue weighted by Crippen LogP contribution is -2.33. The van der Waals surface area contributed by atoms with Gasteiger partial charge in [0.2, 0.25) is 5.91 Å². The van der Waals surface area contributed by atoms with Crippen LogP contribution < -0.4 is 10.6 Å². The first kappa shape index (κ1) is 16.7. The van der Waals surface area contributed by atoms with E-state index in [9.17, 15) is 9.59 Å². The molecule has 0 unspecified atom stereocenters. The first-order valence-electron chi connectivity index (χ1n) is 7.71. The Morgan fingerprint density at radius 3 is 2.65 bits per heavy atom. The minimum absolute atomic E-state index is 0.0797. The maximum atomic E-state index is 12.4. The normalized spacial score (nSPS) is 13.2. The van der Waals surface area contributed by atoms with Crippen LogP contribution >= 0.6 is 0 Å². The molecule has 2 atom stereocenters. The van der Waals surface area contributed by atoms with Gasteiger partial charge in [-0.2, -0.15) is 0 Å². The summed E-state index contributed by atoms with van der Waals surface area (Å²) in [7, 11) is 0. The topological polar surface area (TPSA) is 76.0 Å². The lowest BCUT2D eigenvalue weighted by molar-refractivity contribution is -0.118. The van der Waals surface area contributed by atoms with E-state index in [0.717, 1.165) is 6.42 Å². The summed E-state index contributed by atoms with van der Waals surface area (Å²) < 4.78 is 1.71. The average Bonchev–Trinajstić information content (AvgIpc) is 3.08. The molecule has 2 N–H and O–H groups in total. The highest BCUT2D eigenvalue weighted by atomic mass is 16.2. The number of carbonyl (C=O) groups is 2. The molecular weight excluding hydrogens is 292 g/mol. The predicted molar refractivity (Wildman–Crippen MR) is 89.2 cm³/mol. The largest absolute Gasteiger partial charge is 0.350 e. The minimum atomic E-state index is -0.414. The lowest BCUT2D eigenvalue weighted by Gasteiger charge is -2.17. The number of benzene rings is 1. The number of hydrogen-bond donors (Lipinski definition) is 2. The summed E-state index contributed by atoms with van der Waals surface area (Å²) in [6.45, 7) is 5.73. The minimum Gasteiger partial charge on any atom is -0.350 e. The number of para-hydroxylation sites is 1. The first-order valence-corrected chi connectivity index (χ1v) is 7.71. The van der Waals surface area contributed by atoms with Crippen molar-refractivity contribution >= 4 is 17.5 Å². The molecule has 1 heterocycles. The van der Waals surface area contributed by atoms with Gasteiger partial charge in [-0.05, 0) is 32.4 Å². The van der Waals surface area contributed by atoms with Crippen molar-refractivity contribution in [1.29, 1.82) is 0 Å². The van der Waals surface area contributed by atoms with E-state index >= 15 is 0 Å². The second-order valence-electron chi connectivity index (χ2n) is 5.50. The van der Waals surface area contributed by atoms with Crippen LogP contribution in [0.2, 0.25) is 0 Å². The number of carbonyl (C=O) groups excluding carboxylic acids is 2. The zero-order valence-electron chi connectivity index (χ0n) is 13.6. The molecule has 0 aliphatic heterocycles. The van der Waals surface area contributed by atoms with Crippen LogP contribution in [-0.2, 0) is 4.79 Å². The molecular formula is C17H22N4O2. The molecule has 0 saturated heterocycles. The van der Waals surface area contributed by atoms with E-state index in [2.05, 4.69) is 15.6 Å². The van der Waals surface area contributed by atoms with E-state index in [4.69, 9.17) is 0 Å². The zero-order chi connectivity index (χ0) is 16.8. The Morgan fingerprint density at radius 1 is 1.26 bits per heavy atom. The van der Waals surface area contributed by atoms with Crippen LogP contribution in [0.15, 0.2) is 43.0 Å². The fourth-order valence-electron chi connectivity index (χ4n) is 2.06. The molecule has 0 aliphatic rings. The smallest absolute Gasteiger partial charge is 0.253 e. The molecule has 0 aliphatic carbocycles. The third-order valence-corrected chi connectivity index (χ3v) is 3.77. The van der Waals surface area contributed by atoms with E-state index in [-0.39, 0.29) is 17.9 Å². The monoisotopic (exact) mass is 314 g/mol. The zero-order valence-corrected chi connectivity index (χ0v) is 13.6. The summed E-state index contributed by atoms with van der Waals surface area (Å²) in [4.78, 5) is 28.6. The Labute approximate surface area is 135 Å². The molecule has 1 aromatic heterocycles. The van der Waals surface area contributed by atoms with Gasteiger partial charge in [0, 0.05) is 18.4 Å². The van der Waals surface area contributed by atoms with Crippen molar-refractivity contribution in [2.24, 2.45) is 0 Å². The molecule has 122 valence electrons. The van der Waals surface area contributed by atoms with Gasteiger partial charge in [-0.3, -0.25) is 9.59 Å². The Bertz CT molecular complexity index is 667. The molecule has 0 bridgehead atoms. The average molecular weight is 314 g/mol. The summed E-state index contributed by atoms with van der Waals surface area (Å²) in [6.07, 6.45) is 5.78. The van der Waals surface area contributed by atoms with Gasteiger partial charge >= 0.3 is 0 Å². The number of imidazole rings is 1. The van der Waals surface area contributed by atoms with Crippen molar-refractivity contribution in [2.45, 2.75) is 39.3 Å². The van der Waals surface area contributed by atoms with Gasteiger partial charge < -0.3 is 15.2 Å². The van der Waals surface area contributed by atoms with E-state index < -0.39 is 6.04 Å². The van der Waals surface area contributed by atoms with E-state index in [1.807, 2.05) is 13.8 Å². The van der Waals surface area contributed by atoms with Gasteiger partial charge in [0.15, 0.2) is 0 Å². The fraction of sp³-hybridized carbons (Fsp3) is 0.353. The number of aromatic nitrogens is 2. The fourth-order valence-corrected chi connectivity index (χ4v) is 2.06. The van der Waals surface area contributed by atoms with Crippen molar-refractivity contribution in [3.8, 4) is 0 Å². The van der Waals surface area contributed by atoms with Crippen molar-refractivity contribution in [2.75, 3.05) is 5.32 Å². The van der Waals surface area contributed by atoms with Crippen LogP contribution in [0.3, 0.4) is 0 Å². The summed E-state index contributed by atoms with van der Waals surface area (Å²) in [6, 6.07) is 6.66. The summed E-state index contributed by atoms with van der Waals surface area (Å²) >= 11 is 0. The Hall–Kier alpha value is -2.63. The number of amides is 2. The van der Waals surface area contributed by atoms with Gasteiger partial charge in [-0.1, -0.05) is 19.1 Å². The highest BCUT2D eigenvalue weighted by Gasteiger charge is 2.18. The number of nitrogens with zero attached hydrogens (tertiary/aromatic N) is 2. The Balaban J connectivity index is 2.14. The second kappa shape index (κ2) is 7.58. The molecule has 0 saturated carbocycles. The molecule has 0 radical (unpaired) electrons. The summed E-state index contributed by atoms with van der Waals surface area (Å²) in [5, 5.41) is 5.73. The molecule has 0 fully saturated rings. The van der Waals surface area contributed by atoms with Crippen molar-refractivity contribution in [3.05, 3.63) is 48.5 Å². The highest BCUT2D eigenvalue weighted by Crippen LogP contribution is 2.17. The van der Waals surface area contributed by atoms with E-state index in [1.165, 1.54) is 0 Å². The second-order valence-corrected chi connectivity index (χ2v) is 5.50. The molecule has 2 amide bonds. The molecule has 1 aromatic carbocycles. The number of rotatable bonds is 6. The lowest BCUT2D eigenvalue weighted by atomic mass is 10.1. The van der Waals surface area contributed by atoms with Gasteiger partial charge in [0.1, 0.15) is 6.04 Å². The SMILES string of the molecule is CC[C@@H](C)NC(=O)c1ccccc1NC(=O)[C@H](C)n1ccnc1. The third kappa shape index (κ3) is 4.18. The van der Waals surface area contributed by atoms with Gasteiger partial charge in [0.25, 0.3) is 5.91 Å². The molecule has 2 aromatic rings. The van der Waals surface area contributed by atoms with E-state index in [0.29, 0.717) is 11.3 Å². The van der Waals surface area contributed by atoms with E-state index in [1.54, 1.807) is 54.5 Å². The molecule has 6 nitrogen and oxygen atoms in total. The Kier molecular flexibility index (Phi) is 5.51. The quantitative estimate of drug-likeness (QED) is 0.860. The molecule has 6 heteroatoms. The van der Waals surface area contributed by atoms with Gasteiger partial charge in [-0.15, -0.1) is 0 Å². The molecule has 23 heavy (non-hydrogen) atoms. The number of anilines is 1. The van der Waals surface area contributed by atoms with Gasteiger partial charge in [0.05, 0.1) is 17.6 Å². The van der Waals surface area contributed by atoms with Crippen molar-refractivity contribution in [1.82, 2.24) is 14.9 Å². The molecule has 0 spiro atoms. The third-order valence-electron chi connectivity index (χ3n) is 3.77. The number of hydrogen-bond acceptors (Lipinski definition) is 3. The van der Waals surface area contributed by atoms with Crippen LogP contribution in [0, 0.1) is 0 Å². The first-order chi connectivity index (χ1) is 11.0. The standard InChI is InChI=1S/C17H22N4O2/c1-4-12(2)19-17(23)14-7-5-6-8-15(14)20-16(22)13(3)21-10-9-18-11-21/h5-13H,4H2,1-3H3,(H,19,23)(H,20,22)/t12-,13+/m1/s1. The summed E-state index contributed by atoms with van der Waals surface area (Å²) in [5.41, 5.74) is 0.962. The van der Waals surface area contributed by atoms with Crippen molar-refractivity contribution in [3.63, 3.8) is 0 Å². The maximum absolute atomic E-state index is 12.4. The molecule has 2 rings (SSSR count). The maximum Gasteiger partial charge on any atom is 0.253 e. The van der Waals surface area contributed by atoms with Crippen LogP contribution in [0.25, 0.3) is 0 Å². The number of nitrogens with one attached hydrogen (secondary N) is 2. The highest BCUT2D eigenvalue weighted by molar-refractivity contribution is 6.04. The van der Waals surface area contributed by atoms with Crippen molar-refractivity contribution < 1.29 is 9.59 Å². The Morgan fingerprint density at radius 2 is 2.00 bits per heavy atom. The summed E-state index contributed by atoms with van der Waals surface area (Å²) in [5.74, 6) is -0.391. The van der Waals surface area contributed by atoms with Gasteiger partial charge in [-0.25, -0.2) is 4.98 Å². The van der Waals surface area contributed by atoms with Crippen LogP contribution in [-0.4, -0.2) is 27.4 Å². The van der Waals surface area contributed by atoms with Crippen LogP contribution in [0.1, 0.15) is 43.6 Å². The van der Waals surface area contributed by atoms with Crippen LogP contribution in [0.5, 0.6) is 0 Å². The van der Waals surface area contributed by atoms with Crippen LogP contribution in [0.4, 0.5) is 5.69 Å².